The van der Waals surface area contributed by atoms with Gasteiger partial charge in [0.2, 0.25) is 0 Å². The Morgan fingerprint density at radius 2 is 2.00 bits per heavy atom. The molecule has 2 N–H and O–H groups in total. The lowest BCUT2D eigenvalue weighted by atomic mass is 9.98. The summed E-state index contributed by atoms with van der Waals surface area (Å²) in [5.41, 5.74) is 0. The van der Waals surface area contributed by atoms with Crippen molar-refractivity contribution in [2.75, 3.05) is 19.6 Å². The number of urea groups is 1. The standard InChI is InChI=1S/C13H27N3O/c1-10(2)14-8-12-6-5-7-16(9-12)13(17)15-11(3)4/h10-12,14H,5-9H2,1-4H3,(H,15,17). The van der Waals surface area contributed by atoms with Gasteiger partial charge in [-0.25, -0.2) is 4.79 Å². The summed E-state index contributed by atoms with van der Waals surface area (Å²) < 4.78 is 0. The summed E-state index contributed by atoms with van der Waals surface area (Å²) in [5, 5.41) is 6.42. The Hall–Kier alpha value is -0.770. The lowest BCUT2D eigenvalue weighted by molar-refractivity contribution is 0.161. The van der Waals surface area contributed by atoms with E-state index in [1.54, 1.807) is 0 Å². The van der Waals surface area contributed by atoms with Gasteiger partial charge in [0.15, 0.2) is 0 Å². The Balaban J connectivity index is 2.35. The van der Waals surface area contributed by atoms with Crippen molar-refractivity contribution >= 4 is 6.03 Å². The third kappa shape index (κ3) is 5.39. The van der Waals surface area contributed by atoms with Gasteiger partial charge in [-0.05, 0) is 39.2 Å². The van der Waals surface area contributed by atoms with Crippen LogP contribution < -0.4 is 10.6 Å². The number of likely N-dealkylation sites (tertiary alicyclic amines) is 1. The number of carbonyl (C=O) groups excluding carboxylic acids is 1. The van der Waals surface area contributed by atoms with E-state index in [1.165, 1.54) is 6.42 Å². The number of nitrogens with zero attached hydrogens (tertiary/aromatic N) is 1. The number of hydrogen-bond donors (Lipinski definition) is 2. The van der Waals surface area contributed by atoms with E-state index >= 15 is 0 Å². The minimum atomic E-state index is 0.0919. The van der Waals surface area contributed by atoms with Crippen molar-refractivity contribution in [1.82, 2.24) is 15.5 Å². The molecule has 1 heterocycles. The highest BCUT2D eigenvalue weighted by Crippen LogP contribution is 2.16. The third-order valence-corrected chi connectivity index (χ3v) is 3.03. The van der Waals surface area contributed by atoms with Crippen molar-refractivity contribution in [2.45, 2.75) is 52.6 Å². The lowest BCUT2D eigenvalue weighted by Crippen LogP contribution is -2.49. The molecule has 1 rings (SSSR count). The molecule has 1 unspecified atom stereocenters. The fraction of sp³-hybridized carbons (Fsp3) is 0.923. The summed E-state index contributed by atoms with van der Waals surface area (Å²) in [6.07, 6.45) is 2.35. The van der Waals surface area contributed by atoms with Crippen LogP contribution in [0.1, 0.15) is 40.5 Å². The smallest absolute Gasteiger partial charge is 0.317 e. The van der Waals surface area contributed by atoms with E-state index in [-0.39, 0.29) is 12.1 Å². The van der Waals surface area contributed by atoms with Crippen LogP contribution in [0.25, 0.3) is 0 Å². The molecule has 0 saturated carbocycles. The van der Waals surface area contributed by atoms with E-state index in [2.05, 4.69) is 24.5 Å². The highest BCUT2D eigenvalue weighted by molar-refractivity contribution is 5.74. The van der Waals surface area contributed by atoms with Gasteiger partial charge < -0.3 is 15.5 Å². The second-order valence-corrected chi connectivity index (χ2v) is 5.62. The predicted molar refractivity (Wildman–Crippen MR) is 71.1 cm³/mol. The molecule has 0 aromatic rings. The van der Waals surface area contributed by atoms with Crippen LogP contribution in [-0.4, -0.2) is 42.6 Å². The maximum absolute atomic E-state index is 11.9. The molecule has 1 aliphatic heterocycles. The summed E-state index contributed by atoms with van der Waals surface area (Å²) in [7, 11) is 0. The van der Waals surface area contributed by atoms with Crippen molar-refractivity contribution in [3.8, 4) is 0 Å². The first-order valence-corrected chi connectivity index (χ1v) is 6.78. The zero-order valence-electron chi connectivity index (χ0n) is 11.6. The molecule has 17 heavy (non-hydrogen) atoms. The largest absolute Gasteiger partial charge is 0.336 e. The third-order valence-electron chi connectivity index (χ3n) is 3.03. The molecule has 1 saturated heterocycles. The van der Waals surface area contributed by atoms with E-state index in [0.29, 0.717) is 12.0 Å². The van der Waals surface area contributed by atoms with Gasteiger partial charge in [-0.3, -0.25) is 0 Å². The summed E-state index contributed by atoms with van der Waals surface area (Å²) in [6, 6.07) is 0.834. The Labute approximate surface area is 105 Å². The molecule has 4 nitrogen and oxygen atoms in total. The van der Waals surface area contributed by atoms with E-state index in [4.69, 9.17) is 0 Å². The van der Waals surface area contributed by atoms with E-state index in [1.807, 2.05) is 18.7 Å². The first-order valence-electron chi connectivity index (χ1n) is 6.78. The van der Waals surface area contributed by atoms with Gasteiger partial charge in [-0.15, -0.1) is 0 Å². The van der Waals surface area contributed by atoms with Gasteiger partial charge in [0.1, 0.15) is 0 Å². The molecule has 4 heteroatoms. The first-order chi connectivity index (χ1) is 7.99. The lowest BCUT2D eigenvalue weighted by Gasteiger charge is -2.33. The fourth-order valence-corrected chi connectivity index (χ4v) is 2.16. The van der Waals surface area contributed by atoms with Crippen molar-refractivity contribution in [2.24, 2.45) is 5.92 Å². The van der Waals surface area contributed by atoms with Gasteiger partial charge in [-0.1, -0.05) is 13.8 Å². The summed E-state index contributed by atoms with van der Waals surface area (Å²) in [6.45, 7) is 11.1. The fourth-order valence-electron chi connectivity index (χ4n) is 2.16. The summed E-state index contributed by atoms with van der Waals surface area (Å²) in [4.78, 5) is 13.8. The Kier molecular flexibility index (Phi) is 5.75. The number of piperidine rings is 1. The van der Waals surface area contributed by atoms with Crippen LogP contribution in [0.3, 0.4) is 0 Å². The monoisotopic (exact) mass is 241 g/mol. The molecule has 1 atom stereocenters. The van der Waals surface area contributed by atoms with Crippen LogP contribution in [0.4, 0.5) is 4.79 Å². The van der Waals surface area contributed by atoms with Crippen LogP contribution in [0.2, 0.25) is 0 Å². The highest BCUT2D eigenvalue weighted by atomic mass is 16.2. The highest BCUT2D eigenvalue weighted by Gasteiger charge is 2.23. The average Bonchev–Trinajstić information content (AvgIpc) is 2.26. The molecule has 0 bridgehead atoms. The van der Waals surface area contributed by atoms with E-state index in [0.717, 1.165) is 26.1 Å². The molecular weight excluding hydrogens is 214 g/mol. The number of nitrogens with one attached hydrogen (secondary N) is 2. The maximum atomic E-state index is 11.9. The van der Waals surface area contributed by atoms with Crippen LogP contribution >= 0.6 is 0 Å². The first kappa shape index (κ1) is 14.3. The van der Waals surface area contributed by atoms with Crippen molar-refractivity contribution < 1.29 is 4.79 Å². The molecule has 2 amide bonds. The average molecular weight is 241 g/mol. The number of hydrogen-bond acceptors (Lipinski definition) is 2. The Morgan fingerprint density at radius 3 is 2.59 bits per heavy atom. The van der Waals surface area contributed by atoms with Gasteiger partial charge >= 0.3 is 6.03 Å². The molecule has 1 aliphatic rings. The topological polar surface area (TPSA) is 44.4 Å². The van der Waals surface area contributed by atoms with Crippen LogP contribution in [0, 0.1) is 5.92 Å². The minimum Gasteiger partial charge on any atom is -0.336 e. The van der Waals surface area contributed by atoms with Gasteiger partial charge in [0.25, 0.3) is 0 Å². The van der Waals surface area contributed by atoms with Crippen molar-refractivity contribution in [1.29, 1.82) is 0 Å². The van der Waals surface area contributed by atoms with E-state index < -0.39 is 0 Å². The minimum absolute atomic E-state index is 0.0919. The number of amides is 2. The second-order valence-electron chi connectivity index (χ2n) is 5.62. The van der Waals surface area contributed by atoms with Crippen LogP contribution in [0.5, 0.6) is 0 Å². The Morgan fingerprint density at radius 1 is 1.29 bits per heavy atom. The normalized spacial score (nSPS) is 21.1. The van der Waals surface area contributed by atoms with Crippen molar-refractivity contribution in [3.05, 3.63) is 0 Å². The molecule has 0 aliphatic carbocycles. The van der Waals surface area contributed by atoms with Gasteiger partial charge in [0.05, 0.1) is 0 Å². The maximum Gasteiger partial charge on any atom is 0.317 e. The second kappa shape index (κ2) is 6.84. The molecule has 0 radical (unpaired) electrons. The quantitative estimate of drug-likeness (QED) is 0.788. The molecule has 0 aromatic heterocycles. The molecule has 1 fully saturated rings. The van der Waals surface area contributed by atoms with Gasteiger partial charge in [-0.2, -0.15) is 0 Å². The van der Waals surface area contributed by atoms with Crippen molar-refractivity contribution in [3.63, 3.8) is 0 Å². The number of rotatable bonds is 4. The van der Waals surface area contributed by atoms with E-state index in [9.17, 15) is 4.79 Å². The zero-order valence-corrected chi connectivity index (χ0v) is 11.6. The Bertz CT molecular complexity index is 241. The summed E-state index contributed by atoms with van der Waals surface area (Å²) >= 11 is 0. The zero-order chi connectivity index (χ0) is 12.8. The van der Waals surface area contributed by atoms with Gasteiger partial charge in [0, 0.05) is 25.2 Å². The molecule has 0 spiro atoms. The molecular formula is C13H27N3O. The predicted octanol–water partition coefficient (Wildman–Crippen LogP) is 1.81. The molecule has 100 valence electrons. The SMILES string of the molecule is CC(C)NCC1CCCN(C(=O)NC(C)C)C1. The van der Waals surface area contributed by atoms with Crippen LogP contribution in [0.15, 0.2) is 0 Å². The summed E-state index contributed by atoms with van der Waals surface area (Å²) in [5.74, 6) is 0.601. The molecule has 0 aromatic carbocycles. The number of carbonyl (C=O) groups is 1. The van der Waals surface area contributed by atoms with Crippen LogP contribution in [-0.2, 0) is 0 Å².